The Balaban J connectivity index is 1.73. The maximum absolute atomic E-state index is 5.68. The molecule has 0 unspecified atom stereocenters. The van der Waals surface area contributed by atoms with Crippen LogP contribution in [0.4, 0.5) is 5.69 Å². The summed E-state index contributed by atoms with van der Waals surface area (Å²) in [6, 6.07) is 16.5. The van der Waals surface area contributed by atoms with Gasteiger partial charge in [-0.3, -0.25) is 0 Å². The van der Waals surface area contributed by atoms with Gasteiger partial charge in [0.05, 0.1) is 0 Å². The quantitative estimate of drug-likeness (QED) is 0.728. The number of benzene rings is 2. The average Bonchev–Trinajstić information content (AvgIpc) is 2.46. The van der Waals surface area contributed by atoms with Crippen LogP contribution in [-0.2, 0) is 6.42 Å². The molecule has 106 valence electrons. The number of anilines is 1. The Labute approximate surface area is 129 Å². The minimum absolute atomic E-state index is 0.646. The highest BCUT2D eigenvalue weighted by Gasteiger charge is 1.96. The van der Waals surface area contributed by atoms with Crippen LogP contribution < -0.4 is 10.1 Å². The Kier molecular flexibility index (Phi) is 5.93. The van der Waals surface area contributed by atoms with Gasteiger partial charge in [-0.05, 0) is 42.3 Å². The highest BCUT2D eigenvalue weighted by molar-refractivity contribution is 9.10. The summed E-state index contributed by atoms with van der Waals surface area (Å²) < 4.78 is 6.71. The molecular weight excluding hydrogens is 314 g/mol. The first-order valence-corrected chi connectivity index (χ1v) is 7.78. The van der Waals surface area contributed by atoms with E-state index in [0.29, 0.717) is 6.61 Å². The molecule has 0 aromatic heterocycles. The molecule has 0 heterocycles. The first kappa shape index (κ1) is 14.9. The Bertz CT molecular complexity index is 525. The molecule has 0 spiro atoms. The summed E-state index contributed by atoms with van der Waals surface area (Å²) in [5.74, 6) is 0.888. The van der Waals surface area contributed by atoms with Crippen molar-refractivity contribution in [2.24, 2.45) is 0 Å². The van der Waals surface area contributed by atoms with Gasteiger partial charge in [0.2, 0.25) is 0 Å². The maximum atomic E-state index is 5.68. The van der Waals surface area contributed by atoms with Crippen LogP contribution >= 0.6 is 15.9 Å². The van der Waals surface area contributed by atoms with Gasteiger partial charge in [0.15, 0.2) is 0 Å². The van der Waals surface area contributed by atoms with Crippen LogP contribution in [0.2, 0.25) is 0 Å². The lowest BCUT2D eigenvalue weighted by atomic mass is 10.1. The molecule has 0 saturated heterocycles. The number of halogens is 1. The summed E-state index contributed by atoms with van der Waals surface area (Å²) >= 11 is 3.43. The fourth-order valence-corrected chi connectivity index (χ4v) is 2.38. The number of nitrogens with one attached hydrogen (secondary N) is 1. The molecule has 0 fully saturated rings. The lowest BCUT2D eigenvalue weighted by molar-refractivity contribution is 0.332. The van der Waals surface area contributed by atoms with E-state index in [4.69, 9.17) is 4.74 Å². The zero-order valence-corrected chi connectivity index (χ0v) is 13.3. The predicted octanol–water partition coefficient (Wildman–Crippen LogP) is 4.89. The maximum Gasteiger partial charge on any atom is 0.120 e. The standard InChI is InChI=1S/C17H20BrNO/c1-2-4-14-7-9-16(10-8-14)19-11-12-20-17-6-3-5-15(18)13-17/h3,5-10,13,19H,2,4,11-12H2,1H3. The second-order valence-corrected chi connectivity index (χ2v) is 5.60. The molecular formula is C17H20BrNO. The molecule has 0 saturated carbocycles. The Morgan fingerprint density at radius 2 is 1.90 bits per heavy atom. The summed E-state index contributed by atoms with van der Waals surface area (Å²) in [6.07, 6.45) is 2.33. The predicted molar refractivity (Wildman–Crippen MR) is 88.6 cm³/mol. The van der Waals surface area contributed by atoms with E-state index >= 15 is 0 Å². The van der Waals surface area contributed by atoms with E-state index in [1.165, 1.54) is 12.0 Å². The van der Waals surface area contributed by atoms with E-state index in [1.54, 1.807) is 0 Å². The summed E-state index contributed by atoms with van der Waals surface area (Å²) in [5, 5.41) is 3.36. The van der Waals surface area contributed by atoms with Gasteiger partial charge in [-0.25, -0.2) is 0 Å². The highest BCUT2D eigenvalue weighted by atomic mass is 79.9. The summed E-state index contributed by atoms with van der Waals surface area (Å²) in [5.41, 5.74) is 2.53. The van der Waals surface area contributed by atoms with Crippen LogP contribution in [0, 0.1) is 0 Å². The SMILES string of the molecule is CCCc1ccc(NCCOc2cccc(Br)c2)cc1. The lowest BCUT2D eigenvalue weighted by Gasteiger charge is -2.09. The van der Waals surface area contributed by atoms with Crippen LogP contribution in [0.3, 0.4) is 0 Å². The van der Waals surface area contributed by atoms with Gasteiger partial charge in [-0.1, -0.05) is 47.5 Å². The van der Waals surface area contributed by atoms with Crippen molar-refractivity contribution in [1.82, 2.24) is 0 Å². The van der Waals surface area contributed by atoms with Crippen molar-refractivity contribution in [3.8, 4) is 5.75 Å². The second kappa shape index (κ2) is 7.95. The normalized spacial score (nSPS) is 10.3. The van der Waals surface area contributed by atoms with Crippen molar-refractivity contribution in [3.63, 3.8) is 0 Å². The van der Waals surface area contributed by atoms with Crippen molar-refractivity contribution in [2.45, 2.75) is 19.8 Å². The van der Waals surface area contributed by atoms with Gasteiger partial charge in [-0.2, -0.15) is 0 Å². The number of rotatable bonds is 7. The molecule has 0 aliphatic heterocycles. The molecule has 0 aliphatic rings. The monoisotopic (exact) mass is 333 g/mol. The highest BCUT2D eigenvalue weighted by Crippen LogP contribution is 2.17. The first-order chi connectivity index (χ1) is 9.78. The zero-order valence-electron chi connectivity index (χ0n) is 11.7. The molecule has 0 radical (unpaired) electrons. The fraction of sp³-hybridized carbons (Fsp3) is 0.294. The smallest absolute Gasteiger partial charge is 0.120 e. The van der Waals surface area contributed by atoms with Crippen LogP contribution in [-0.4, -0.2) is 13.2 Å². The van der Waals surface area contributed by atoms with Crippen LogP contribution in [0.5, 0.6) is 5.75 Å². The molecule has 0 aliphatic carbocycles. The first-order valence-electron chi connectivity index (χ1n) is 6.99. The Morgan fingerprint density at radius 1 is 1.10 bits per heavy atom. The summed E-state index contributed by atoms with van der Waals surface area (Å²) in [4.78, 5) is 0. The second-order valence-electron chi connectivity index (χ2n) is 4.68. The third-order valence-corrected chi connectivity index (χ3v) is 3.48. The molecule has 2 aromatic carbocycles. The van der Waals surface area contributed by atoms with Gasteiger partial charge in [0, 0.05) is 16.7 Å². The van der Waals surface area contributed by atoms with Crippen molar-refractivity contribution < 1.29 is 4.74 Å². The lowest BCUT2D eigenvalue weighted by Crippen LogP contribution is -2.11. The van der Waals surface area contributed by atoms with Crippen molar-refractivity contribution in [2.75, 3.05) is 18.5 Å². The summed E-state index contributed by atoms with van der Waals surface area (Å²) in [6.45, 7) is 3.64. The van der Waals surface area contributed by atoms with E-state index in [-0.39, 0.29) is 0 Å². The zero-order chi connectivity index (χ0) is 14.2. The molecule has 0 bridgehead atoms. The number of aryl methyl sites for hydroxylation is 1. The van der Waals surface area contributed by atoms with Gasteiger partial charge in [0.1, 0.15) is 12.4 Å². The van der Waals surface area contributed by atoms with Crippen LogP contribution in [0.15, 0.2) is 53.0 Å². The molecule has 2 rings (SSSR count). The molecule has 0 amide bonds. The molecule has 1 N–H and O–H groups in total. The van der Waals surface area contributed by atoms with Gasteiger partial charge >= 0.3 is 0 Å². The third-order valence-electron chi connectivity index (χ3n) is 2.99. The van der Waals surface area contributed by atoms with Crippen LogP contribution in [0.25, 0.3) is 0 Å². The van der Waals surface area contributed by atoms with Gasteiger partial charge < -0.3 is 10.1 Å². The van der Waals surface area contributed by atoms with E-state index in [0.717, 1.165) is 28.9 Å². The van der Waals surface area contributed by atoms with E-state index in [1.807, 2.05) is 24.3 Å². The molecule has 2 nitrogen and oxygen atoms in total. The third kappa shape index (κ3) is 4.89. The fourth-order valence-electron chi connectivity index (χ4n) is 2.00. The Hall–Kier alpha value is -1.48. The molecule has 0 atom stereocenters. The van der Waals surface area contributed by atoms with Crippen LogP contribution in [0.1, 0.15) is 18.9 Å². The molecule has 20 heavy (non-hydrogen) atoms. The van der Waals surface area contributed by atoms with Crippen molar-refractivity contribution >= 4 is 21.6 Å². The largest absolute Gasteiger partial charge is 0.492 e. The minimum Gasteiger partial charge on any atom is -0.492 e. The average molecular weight is 334 g/mol. The molecule has 3 heteroatoms. The Morgan fingerprint density at radius 3 is 2.60 bits per heavy atom. The number of ether oxygens (including phenoxy) is 1. The molecule has 2 aromatic rings. The topological polar surface area (TPSA) is 21.3 Å². The van der Waals surface area contributed by atoms with E-state index < -0.39 is 0 Å². The van der Waals surface area contributed by atoms with Crippen molar-refractivity contribution in [3.05, 3.63) is 58.6 Å². The number of hydrogen-bond acceptors (Lipinski definition) is 2. The van der Waals surface area contributed by atoms with E-state index in [9.17, 15) is 0 Å². The van der Waals surface area contributed by atoms with Crippen molar-refractivity contribution in [1.29, 1.82) is 0 Å². The number of hydrogen-bond donors (Lipinski definition) is 1. The van der Waals surface area contributed by atoms with Gasteiger partial charge in [0.25, 0.3) is 0 Å². The van der Waals surface area contributed by atoms with E-state index in [2.05, 4.69) is 52.4 Å². The summed E-state index contributed by atoms with van der Waals surface area (Å²) in [7, 11) is 0. The minimum atomic E-state index is 0.646. The van der Waals surface area contributed by atoms with Gasteiger partial charge in [-0.15, -0.1) is 0 Å².